The van der Waals surface area contributed by atoms with Crippen LogP contribution in [0, 0.1) is 0 Å². The molecule has 3 aromatic rings. The second-order valence-electron chi connectivity index (χ2n) is 6.10. The third-order valence-electron chi connectivity index (χ3n) is 4.14. The molecule has 1 aromatic heterocycles. The van der Waals surface area contributed by atoms with E-state index in [1.807, 2.05) is 12.1 Å². The Morgan fingerprint density at radius 1 is 1.11 bits per heavy atom. The first-order chi connectivity index (χ1) is 13.5. The molecule has 0 aliphatic rings. The van der Waals surface area contributed by atoms with Gasteiger partial charge in [0.05, 0.1) is 7.11 Å². The molecule has 7 heteroatoms. The first kappa shape index (κ1) is 19.2. The van der Waals surface area contributed by atoms with Gasteiger partial charge < -0.3 is 19.2 Å². The van der Waals surface area contributed by atoms with E-state index in [4.69, 9.17) is 13.9 Å². The number of methoxy groups -OCH3 is 1. The number of carbonyl (C=O) groups is 2. The van der Waals surface area contributed by atoms with Gasteiger partial charge in [0.2, 0.25) is 0 Å². The van der Waals surface area contributed by atoms with Crippen LogP contribution in [-0.4, -0.2) is 25.1 Å². The number of hydrogen-bond donors (Lipinski definition) is 1. The largest absolute Gasteiger partial charge is 0.497 e. The van der Waals surface area contributed by atoms with Gasteiger partial charge in [-0.2, -0.15) is 0 Å². The first-order valence-electron chi connectivity index (χ1n) is 8.62. The van der Waals surface area contributed by atoms with Crippen molar-refractivity contribution in [1.82, 2.24) is 5.32 Å². The van der Waals surface area contributed by atoms with Crippen molar-refractivity contribution in [3.63, 3.8) is 0 Å². The number of para-hydroxylation sites is 1. The zero-order valence-corrected chi connectivity index (χ0v) is 15.4. The Morgan fingerprint density at radius 2 is 1.82 bits per heavy atom. The van der Waals surface area contributed by atoms with Crippen LogP contribution in [0.5, 0.6) is 5.75 Å². The molecule has 0 spiro atoms. The molecule has 0 unspecified atom stereocenters. The van der Waals surface area contributed by atoms with Crippen molar-refractivity contribution in [2.75, 3.05) is 7.11 Å². The van der Waals surface area contributed by atoms with Gasteiger partial charge in [-0.1, -0.05) is 30.3 Å². The van der Waals surface area contributed by atoms with Gasteiger partial charge in [-0.05, 0) is 36.8 Å². The molecular weight excluding hydrogens is 362 g/mol. The maximum Gasteiger partial charge on any atom is 0.351 e. The Balaban J connectivity index is 1.62. The Hall–Kier alpha value is -3.61. The number of fused-ring (bicyclic) bond motifs is 1. The molecule has 1 N–H and O–H groups in total. The fraction of sp³-hybridized carbons (Fsp3) is 0.190. The highest BCUT2D eigenvalue weighted by Crippen LogP contribution is 2.14. The van der Waals surface area contributed by atoms with Crippen LogP contribution in [0.3, 0.4) is 0 Å². The molecule has 7 nitrogen and oxygen atoms in total. The van der Waals surface area contributed by atoms with Crippen molar-refractivity contribution in [3.8, 4) is 5.75 Å². The number of hydrogen-bond acceptors (Lipinski definition) is 6. The third-order valence-corrected chi connectivity index (χ3v) is 4.14. The van der Waals surface area contributed by atoms with Crippen LogP contribution in [0.25, 0.3) is 11.0 Å². The summed E-state index contributed by atoms with van der Waals surface area (Å²) < 4.78 is 15.3. The topological polar surface area (TPSA) is 94.8 Å². The molecule has 2 aromatic carbocycles. The highest BCUT2D eigenvalue weighted by molar-refractivity contribution is 5.94. The highest BCUT2D eigenvalue weighted by atomic mass is 16.5. The van der Waals surface area contributed by atoms with E-state index in [1.165, 1.54) is 13.0 Å². The van der Waals surface area contributed by atoms with Gasteiger partial charge in [-0.15, -0.1) is 0 Å². The lowest BCUT2D eigenvalue weighted by atomic mass is 10.2. The van der Waals surface area contributed by atoms with Crippen molar-refractivity contribution in [2.45, 2.75) is 19.6 Å². The Bertz CT molecular complexity index is 1050. The van der Waals surface area contributed by atoms with Crippen LogP contribution in [0.2, 0.25) is 0 Å². The van der Waals surface area contributed by atoms with E-state index in [0.717, 1.165) is 5.56 Å². The summed E-state index contributed by atoms with van der Waals surface area (Å²) in [6, 6.07) is 15.4. The maximum atomic E-state index is 12.3. The summed E-state index contributed by atoms with van der Waals surface area (Å²) in [5.74, 6) is -0.674. The van der Waals surface area contributed by atoms with Crippen molar-refractivity contribution in [2.24, 2.45) is 0 Å². The van der Waals surface area contributed by atoms with E-state index in [0.29, 0.717) is 16.7 Å². The van der Waals surface area contributed by atoms with Crippen LogP contribution in [-0.2, 0) is 16.1 Å². The molecule has 0 saturated heterocycles. The third kappa shape index (κ3) is 4.37. The normalized spacial score (nSPS) is 11.6. The van der Waals surface area contributed by atoms with Gasteiger partial charge in [-0.3, -0.25) is 4.79 Å². The summed E-state index contributed by atoms with van der Waals surface area (Å²) in [6.07, 6.45) is -1.07. The lowest BCUT2D eigenvalue weighted by molar-refractivity contribution is -0.129. The molecule has 1 atom stereocenters. The fourth-order valence-corrected chi connectivity index (χ4v) is 2.56. The first-order valence-corrected chi connectivity index (χ1v) is 8.62. The second kappa shape index (κ2) is 8.39. The van der Waals surface area contributed by atoms with Crippen LogP contribution < -0.4 is 15.7 Å². The number of esters is 1. The smallest absolute Gasteiger partial charge is 0.351 e. The van der Waals surface area contributed by atoms with Gasteiger partial charge in [0.25, 0.3) is 5.91 Å². The van der Waals surface area contributed by atoms with Gasteiger partial charge in [0.1, 0.15) is 16.9 Å². The number of benzene rings is 2. The SMILES string of the molecule is COc1ccc(CNC(=O)[C@H](C)OC(=O)c2cc3ccccc3oc2=O)cc1. The van der Waals surface area contributed by atoms with Crippen molar-refractivity contribution in [1.29, 1.82) is 0 Å². The van der Waals surface area contributed by atoms with Crippen molar-refractivity contribution >= 4 is 22.8 Å². The lowest BCUT2D eigenvalue weighted by Gasteiger charge is -2.13. The molecule has 28 heavy (non-hydrogen) atoms. The molecule has 0 saturated carbocycles. The van der Waals surface area contributed by atoms with E-state index in [9.17, 15) is 14.4 Å². The molecule has 0 aliphatic carbocycles. The van der Waals surface area contributed by atoms with Crippen LogP contribution in [0.4, 0.5) is 0 Å². The summed E-state index contributed by atoms with van der Waals surface area (Å²) in [5, 5.41) is 3.27. The summed E-state index contributed by atoms with van der Waals surface area (Å²) in [5.41, 5.74) is 0.167. The van der Waals surface area contributed by atoms with Crippen LogP contribution >= 0.6 is 0 Å². The average Bonchev–Trinajstić information content (AvgIpc) is 2.71. The molecule has 0 bridgehead atoms. The standard InChI is InChI=1S/C21H19NO6/c1-13(19(23)22-12-14-7-9-16(26-2)10-8-14)27-20(24)17-11-15-5-3-4-6-18(15)28-21(17)25/h3-11,13H,12H2,1-2H3,(H,22,23)/t13-/m0/s1. The fourth-order valence-electron chi connectivity index (χ4n) is 2.56. The minimum atomic E-state index is -1.07. The average molecular weight is 381 g/mol. The molecule has 0 fully saturated rings. The molecule has 1 amide bonds. The van der Waals surface area contributed by atoms with Crippen LogP contribution in [0.1, 0.15) is 22.8 Å². The van der Waals surface area contributed by atoms with Crippen molar-refractivity contribution in [3.05, 3.63) is 76.1 Å². The monoisotopic (exact) mass is 381 g/mol. The zero-order chi connectivity index (χ0) is 20.1. The number of amides is 1. The summed E-state index contributed by atoms with van der Waals surface area (Å²) >= 11 is 0. The molecule has 144 valence electrons. The van der Waals surface area contributed by atoms with Crippen molar-refractivity contribution < 1.29 is 23.5 Å². The Morgan fingerprint density at radius 3 is 2.54 bits per heavy atom. The molecule has 0 radical (unpaired) electrons. The number of ether oxygens (including phenoxy) is 2. The predicted octanol–water partition coefficient (Wildman–Crippen LogP) is 2.66. The predicted molar refractivity (Wildman–Crippen MR) is 102 cm³/mol. The summed E-state index contributed by atoms with van der Waals surface area (Å²) in [7, 11) is 1.57. The van der Waals surface area contributed by atoms with Crippen LogP contribution in [0.15, 0.2) is 63.8 Å². The van der Waals surface area contributed by atoms with E-state index < -0.39 is 23.6 Å². The van der Waals surface area contributed by atoms with Gasteiger partial charge in [0, 0.05) is 11.9 Å². The van der Waals surface area contributed by atoms with Gasteiger partial charge in [0.15, 0.2) is 6.10 Å². The zero-order valence-electron chi connectivity index (χ0n) is 15.4. The summed E-state index contributed by atoms with van der Waals surface area (Å²) in [4.78, 5) is 36.5. The minimum absolute atomic E-state index is 0.256. The maximum absolute atomic E-state index is 12.3. The number of carbonyl (C=O) groups excluding carboxylic acids is 2. The summed E-state index contributed by atoms with van der Waals surface area (Å²) in [6.45, 7) is 1.70. The van der Waals surface area contributed by atoms with Gasteiger partial charge >= 0.3 is 11.6 Å². The lowest BCUT2D eigenvalue weighted by Crippen LogP contribution is -2.36. The van der Waals surface area contributed by atoms with E-state index in [-0.39, 0.29) is 12.1 Å². The second-order valence-corrected chi connectivity index (χ2v) is 6.10. The number of rotatable bonds is 6. The van der Waals surface area contributed by atoms with Gasteiger partial charge in [-0.25, -0.2) is 9.59 Å². The highest BCUT2D eigenvalue weighted by Gasteiger charge is 2.22. The minimum Gasteiger partial charge on any atom is -0.497 e. The number of nitrogens with one attached hydrogen (secondary N) is 1. The quantitative estimate of drug-likeness (QED) is 0.521. The molecule has 1 heterocycles. The molecule has 3 rings (SSSR count). The van der Waals surface area contributed by atoms with E-state index >= 15 is 0 Å². The Labute approximate surface area is 160 Å². The van der Waals surface area contributed by atoms with E-state index in [2.05, 4.69) is 5.32 Å². The Kier molecular flexibility index (Phi) is 5.74. The van der Waals surface area contributed by atoms with E-state index in [1.54, 1.807) is 43.5 Å². The molecular formula is C21H19NO6. The molecule has 0 aliphatic heterocycles.